The average molecular weight is 264 g/mol. The predicted molar refractivity (Wildman–Crippen MR) is 55.0 cm³/mol. The fraction of sp³-hybridized carbons (Fsp3) is 0.250. The largest absolute Gasteiger partial charge is 0.292 e. The van der Waals surface area contributed by atoms with E-state index in [-0.39, 0.29) is 6.61 Å². The molecule has 9 heteroatoms. The Labute approximate surface area is 96.4 Å². The van der Waals surface area contributed by atoms with Crippen LogP contribution in [0.2, 0.25) is 0 Å². The number of sulfonamides is 1. The van der Waals surface area contributed by atoms with Crippen LogP contribution in [0.25, 0.3) is 0 Å². The first-order valence-corrected chi connectivity index (χ1v) is 5.94. The molecule has 0 aliphatic carbocycles. The van der Waals surface area contributed by atoms with Crippen molar-refractivity contribution in [2.75, 3.05) is 6.61 Å². The molecule has 1 aromatic carbocycles. The molecule has 0 aliphatic rings. The molecule has 1 rings (SSSR count). The molecule has 94 valence electrons. The molecule has 0 aromatic heterocycles. The number of hydrogen-bond donors (Lipinski definition) is 1. The van der Waals surface area contributed by atoms with Gasteiger partial charge in [0.2, 0.25) is 0 Å². The minimum absolute atomic E-state index is 0.0498. The van der Waals surface area contributed by atoms with Gasteiger partial charge < -0.3 is 0 Å². The topological polar surface area (TPSA) is 98.5 Å². The number of nitrogens with zero attached hydrogens (tertiary/aromatic N) is 1. The molecule has 0 spiro atoms. The van der Waals surface area contributed by atoms with E-state index >= 15 is 0 Å². The lowest BCUT2D eigenvalue weighted by molar-refractivity contribution is -0.388. The van der Waals surface area contributed by atoms with Crippen LogP contribution in [0.4, 0.5) is 10.1 Å². The van der Waals surface area contributed by atoms with Gasteiger partial charge in [0.05, 0.1) is 17.6 Å². The second-order valence-corrected chi connectivity index (χ2v) is 4.50. The Morgan fingerprint density at radius 3 is 2.71 bits per heavy atom. The van der Waals surface area contributed by atoms with Gasteiger partial charge in [-0.3, -0.25) is 15.0 Å². The number of hydrogen-bond acceptors (Lipinski definition) is 5. The Bertz CT molecular complexity index is 531. The lowest BCUT2D eigenvalue weighted by atomic mass is 10.3. The van der Waals surface area contributed by atoms with Gasteiger partial charge in [0, 0.05) is 0 Å². The highest BCUT2D eigenvalue weighted by Gasteiger charge is 2.26. The number of nitro benzene ring substituents is 1. The minimum Gasteiger partial charge on any atom is -0.287 e. The summed E-state index contributed by atoms with van der Waals surface area (Å²) in [6.07, 6.45) is 0. The number of benzene rings is 1. The molecule has 0 unspecified atom stereocenters. The molecule has 0 atom stereocenters. The van der Waals surface area contributed by atoms with Crippen molar-refractivity contribution in [2.24, 2.45) is 0 Å². The smallest absolute Gasteiger partial charge is 0.287 e. The van der Waals surface area contributed by atoms with Crippen molar-refractivity contribution in [3.05, 3.63) is 34.1 Å². The van der Waals surface area contributed by atoms with Gasteiger partial charge in [0.15, 0.2) is 4.90 Å². The third-order valence-electron chi connectivity index (χ3n) is 1.72. The molecule has 0 bridgehead atoms. The Morgan fingerprint density at radius 1 is 1.53 bits per heavy atom. The van der Waals surface area contributed by atoms with Gasteiger partial charge in [-0.05, 0) is 19.1 Å². The van der Waals surface area contributed by atoms with Crippen molar-refractivity contribution >= 4 is 15.7 Å². The van der Waals surface area contributed by atoms with Crippen molar-refractivity contribution < 1.29 is 22.6 Å². The first kappa shape index (κ1) is 13.5. The van der Waals surface area contributed by atoms with Gasteiger partial charge in [-0.25, -0.2) is 12.8 Å². The Hall–Kier alpha value is -1.58. The molecule has 17 heavy (non-hydrogen) atoms. The van der Waals surface area contributed by atoms with Crippen molar-refractivity contribution in [1.29, 1.82) is 0 Å². The molecule has 0 fully saturated rings. The molecule has 1 aromatic rings. The van der Waals surface area contributed by atoms with E-state index in [9.17, 15) is 22.9 Å². The van der Waals surface area contributed by atoms with Gasteiger partial charge in [0.25, 0.3) is 15.7 Å². The zero-order chi connectivity index (χ0) is 13.1. The van der Waals surface area contributed by atoms with Crippen LogP contribution < -0.4 is 4.89 Å². The molecule has 0 radical (unpaired) electrons. The van der Waals surface area contributed by atoms with Crippen LogP contribution in [0.5, 0.6) is 0 Å². The van der Waals surface area contributed by atoms with Gasteiger partial charge in [-0.15, -0.1) is 0 Å². The zero-order valence-corrected chi connectivity index (χ0v) is 9.53. The van der Waals surface area contributed by atoms with Crippen LogP contribution in [-0.2, 0) is 14.9 Å². The second kappa shape index (κ2) is 5.17. The van der Waals surface area contributed by atoms with E-state index in [1.165, 1.54) is 6.92 Å². The quantitative estimate of drug-likeness (QED) is 0.631. The van der Waals surface area contributed by atoms with Crippen LogP contribution in [-0.4, -0.2) is 19.9 Å². The molecule has 0 aliphatic heterocycles. The van der Waals surface area contributed by atoms with E-state index in [2.05, 4.69) is 4.84 Å². The highest BCUT2D eigenvalue weighted by Crippen LogP contribution is 2.24. The standard InChI is InChI=1S/C8H9FN2O5S/c1-2-16-10-17(14,15)8-4-3-6(9)5-7(8)11(12)13/h3-5,10H,2H2,1H3. The highest BCUT2D eigenvalue weighted by atomic mass is 32.2. The molecule has 0 amide bonds. The van der Waals surface area contributed by atoms with Crippen LogP contribution in [0.1, 0.15) is 6.92 Å². The van der Waals surface area contributed by atoms with E-state index in [0.717, 1.165) is 12.1 Å². The summed E-state index contributed by atoms with van der Waals surface area (Å²) in [6, 6.07) is 2.14. The second-order valence-electron chi connectivity index (χ2n) is 2.89. The van der Waals surface area contributed by atoms with Gasteiger partial charge >= 0.3 is 0 Å². The zero-order valence-electron chi connectivity index (χ0n) is 8.71. The van der Waals surface area contributed by atoms with Gasteiger partial charge in [-0.1, -0.05) is 4.89 Å². The lowest BCUT2D eigenvalue weighted by Gasteiger charge is -2.06. The van der Waals surface area contributed by atoms with Crippen LogP contribution >= 0.6 is 0 Å². The normalized spacial score (nSPS) is 11.4. The van der Waals surface area contributed by atoms with E-state index < -0.39 is 31.3 Å². The summed E-state index contributed by atoms with van der Waals surface area (Å²) in [7, 11) is -4.20. The van der Waals surface area contributed by atoms with E-state index in [4.69, 9.17) is 0 Å². The Morgan fingerprint density at radius 2 is 2.18 bits per heavy atom. The first-order valence-electron chi connectivity index (χ1n) is 4.46. The molecule has 7 nitrogen and oxygen atoms in total. The van der Waals surface area contributed by atoms with Gasteiger partial charge in [0.1, 0.15) is 5.82 Å². The van der Waals surface area contributed by atoms with Crippen molar-refractivity contribution in [1.82, 2.24) is 4.89 Å². The van der Waals surface area contributed by atoms with Crippen molar-refractivity contribution in [3.63, 3.8) is 0 Å². The van der Waals surface area contributed by atoms with Gasteiger partial charge in [-0.2, -0.15) is 0 Å². The maximum Gasteiger partial charge on any atom is 0.292 e. The molecular weight excluding hydrogens is 255 g/mol. The maximum absolute atomic E-state index is 12.8. The Kier molecular flexibility index (Phi) is 4.10. The predicted octanol–water partition coefficient (Wildman–Crippen LogP) is 0.964. The first-order chi connectivity index (χ1) is 7.88. The SMILES string of the molecule is CCONS(=O)(=O)c1ccc(F)cc1[N+](=O)[O-]. The van der Waals surface area contributed by atoms with Crippen LogP contribution in [0.15, 0.2) is 23.1 Å². The summed E-state index contributed by atoms with van der Waals surface area (Å²) < 4.78 is 35.9. The summed E-state index contributed by atoms with van der Waals surface area (Å²) in [4.78, 5) is 15.1. The Balaban J connectivity index is 3.26. The third kappa shape index (κ3) is 3.19. The molecule has 0 saturated carbocycles. The fourth-order valence-electron chi connectivity index (χ4n) is 1.04. The van der Waals surface area contributed by atoms with Crippen LogP contribution in [0, 0.1) is 15.9 Å². The summed E-state index contributed by atoms with van der Waals surface area (Å²) in [5, 5.41) is 10.6. The fourth-order valence-corrected chi connectivity index (χ4v) is 2.06. The number of nitrogens with one attached hydrogen (secondary N) is 1. The average Bonchev–Trinajstić information content (AvgIpc) is 2.26. The number of nitro groups is 1. The third-order valence-corrected chi connectivity index (χ3v) is 2.98. The highest BCUT2D eigenvalue weighted by molar-refractivity contribution is 7.89. The van der Waals surface area contributed by atoms with E-state index in [1.54, 1.807) is 4.89 Å². The molecule has 0 heterocycles. The van der Waals surface area contributed by atoms with E-state index in [1.807, 2.05) is 0 Å². The van der Waals surface area contributed by atoms with Crippen molar-refractivity contribution in [3.8, 4) is 0 Å². The summed E-state index contributed by atoms with van der Waals surface area (Å²) in [5.41, 5.74) is -0.850. The molecular formula is C8H9FN2O5S. The summed E-state index contributed by atoms with van der Waals surface area (Å²) >= 11 is 0. The number of rotatable bonds is 5. The van der Waals surface area contributed by atoms with Crippen LogP contribution in [0.3, 0.4) is 0 Å². The number of halogens is 1. The van der Waals surface area contributed by atoms with E-state index in [0.29, 0.717) is 6.07 Å². The van der Waals surface area contributed by atoms with Crippen molar-refractivity contribution in [2.45, 2.75) is 11.8 Å². The monoisotopic (exact) mass is 264 g/mol. The lowest BCUT2D eigenvalue weighted by Crippen LogP contribution is -2.24. The minimum atomic E-state index is -4.20. The summed E-state index contributed by atoms with van der Waals surface area (Å²) in [5.74, 6) is -0.896. The summed E-state index contributed by atoms with van der Waals surface area (Å²) in [6.45, 7) is 1.58. The molecule has 0 saturated heterocycles. The maximum atomic E-state index is 12.8. The molecule has 1 N–H and O–H groups in total.